The van der Waals surface area contributed by atoms with Gasteiger partial charge in [0, 0.05) is 34.9 Å². The number of nitrogens with zero attached hydrogens (tertiary/aromatic N) is 3. The van der Waals surface area contributed by atoms with Crippen LogP contribution in [0.15, 0.2) is 53.3 Å². The van der Waals surface area contributed by atoms with Crippen LogP contribution < -0.4 is 5.32 Å². The fraction of sp³-hybridized carbons (Fsp3) is 0.211. The van der Waals surface area contributed by atoms with Gasteiger partial charge in [-0.05, 0) is 37.6 Å². The Bertz CT molecular complexity index is 984. The Hall–Kier alpha value is -3.15. The second kappa shape index (κ2) is 6.39. The van der Waals surface area contributed by atoms with Crippen molar-refractivity contribution in [2.24, 2.45) is 0 Å². The molecule has 4 rings (SSSR count). The topological polar surface area (TPSA) is 79.6 Å². The van der Waals surface area contributed by atoms with Gasteiger partial charge in [-0.1, -0.05) is 23.4 Å². The SMILES string of the molecule is CC(C)Nc1ccc(-c2noc(Cc3c[nH]c4ccccc34)n2)cn1. The summed E-state index contributed by atoms with van der Waals surface area (Å²) in [5.41, 5.74) is 3.08. The second-order valence-corrected chi connectivity index (χ2v) is 6.28. The third kappa shape index (κ3) is 3.24. The molecule has 2 N–H and O–H groups in total. The number of hydrogen-bond donors (Lipinski definition) is 2. The van der Waals surface area contributed by atoms with Gasteiger partial charge < -0.3 is 14.8 Å². The van der Waals surface area contributed by atoms with E-state index in [1.165, 1.54) is 5.39 Å². The van der Waals surface area contributed by atoms with Crippen LogP contribution in [0.2, 0.25) is 0 Å². The lowest BCUT2D eigenvalue weighted by molar-refractivity contribution is 0.386. The number of para-hydroxylation sites is 1. The molecule has 0 unspecified atom stereocenters. The first-order valence-electron chi connectivity index (χ1n) is 8.29. The van der Waals surface area contributed by atoms with E-state index in [0.717, 1.165) is 22.5 Å². The molecule has 0 atom stereocenters. The molecule has 126 valence electrons. The highest BCUT2D eigenvalue weighted by atomic mass is 16.5. The van der Waals surface area contributed by atoms with Crippen LogP contribution in [0.25, 0.3) is 22.3 Å². The fourth-order valence-corrected chi connectivity index (χ4v) is 2.79. The van der Waals surface area contributed by atoms with Crippen LogP contribution >= 0.6 is 0 Å². The van der Waals surface area contributed by atoms with E-state index >= 15 is 0 Å². The number of pyridine rings is 1. The molecule has 0 saturated carbocycles. The Kier molecular flexibility index (Phi) is 3.93. The molecule has 0 aliphatic heterocycles. The van der Waals surface area contributed by atoms with Crippen molar-refractivity contribution in [3.63, 3.8) is 0 Å². The molecule has 0 saturated heterocycles. The van der Waals surface area contributed by atoms with E-state index in [9.17, 15) is 0 Å². The molecule has 3 aromatic heterocycles. The van der Waals surface area contributed by atoms with Crippen molar-refractivity contribution >= 4 is 16.7 Å². The summed E-state index contributed by atoms with van der Waals surface area (Å²) < 4.78 is 5.42. The van der Waals surface area contributed by atoms with E-state index in [0.29, 0.717) is 24.2 Å². The molecule has 0 bridgehead atoms. The minimum atomic E-state index is 0.339. The molecule has 3 heterocycles. The van der Waals surface area contributed by atoms with Gasteiger partial charge in [0.05, 0.1) is 6.42 Å². The zero-order valence-corrected chi connectivity index (χ0v) is 14.2. The van der Waals surface area contributed by atoms with Crippen molar-refractivity contribution in [3.8, 4) is 11.4 Å². The Labute approximate surface area is 145 Å². The number of hydrogen-bond acceptors (Lipinski definition) is 5. The van der Waals surface area contributed by atoms with Gasteiger partial charge in [0.2, 0.25) is 11.7 Å². The molecule has 0 aliphatic carbocycles. The summed E-state index contributed by atoms with van der Waals surface area (Å²) in [6.07, 6.45) is 4.34. The largest absolute Gasteiger partial charge is 0.368 e. The van der Waals surface area contributed by atoms with Gasteiger partial charge in [0.1, 0.15) is 5.82 Å². The molecular formula is C19H19N5O. The predicted octanol–water partition coefficient (Wildman–Crippen LogP) is 4.02. The Balaban J connectivity index is 1.54. The van der Waals surface area contributed by atoms with Crippen molar-refractivity contribution in [1.82, 2.24) is 20.1 Å². The van der Waals surface area contributed by atoms with Gasteiger partial charge in [0.15, 0.2) is 0 Å². The van der Waals surface area contributed by atoms with Crippen LogP contribution in [-0.4, -0.2) is 26.2 Å². The zero-order chi connectivity index (χ0) is 17.2. The van der Waals surface area contributed by atoms with Gasteiger partial charge >= 0.3 is 0 Å². The summed E-state index contributed by atoms with van der Waals surface area (Å²) in [6.45, 7) is 4.15. The lowest BCUT2D eigenvalue weighted by Crippen LogP contribution is -2.10. The molecule has 0 amide bonds. The third-order valence-corrected chi connectivity index (χ3v) is 3.94. The molecular weight excluding hydrogens is 314 g/mol. The molecule has 25 heavy (non-hydrogen) atoms. The van der Waals surface area contributed by atoms with Crippen LogP contribution in [0.4, 0.5) is 5.82 Å². The minimum absolute atomic E-state index is 0.339. The van der Waals surface area contributed by atoms with E-state index in [1.54, 1.807) is 6.20 Å². The Morgan fingerprint density at radius 1 is 1.16 bits per heavy atom. The van der Waals surface area contributed by atoms with Crippen molar-refractivity contribution in [2.75, 3.05) is 5.32 Å². The Morgan fingerprint density at radius 3 is 2.84 bits per heavy atom. The maximum absolute atomic E-state index is 5.42. The molecule has 6 nitrogen and oxygen atoms in total. The van der Waals surface area contributed by atoms with E-state index < -0.39 is 0 Å². The maximum Gasteiger partial charge on any atom is 0.231 e. The van der Waals surface area contributed by atoms with Gasteiger partial charge in [-0.15, -0.1) is 0 Å². The number of rotatable bonds is 5. The average molecular weight is 333 g/mol. The highest BCUT2D eigenvalue weighted by molar-refractivity contribution is 5.83. The summed E-state index contributed by atoms with van der Waals surface area (Å²) in [5.74, 6) is 1.98. The number of nitrogens with one attached hydrogen (secondary N) is 2. The summed E-state index contributed by atoms with van der Waals surface area (Å²) in [4.78, 5) is 12.1. The average Bonchev–Trinajstić information content (AvgIpc) is 3.23. The van der Waals surface area contributed by atoms with Crippen LogP contribution in [0, 0.1) is 0 Å². The lowest BCUT2D eigenvalue weighted by Gasteiger charge is -2.08. The number of aromatic nitrogens is 4. The molecule has 0 aliphatic rings. The summed E-state index contributed by atoms with van der Waals surface area (Å²) in [6, 6.07) is 12.4. The zero-order valence-electron chi connectivity index (χ0n) is 14.2. The summed E-state index contributed by atoms with van der Waals surface area (Å²) in [5, 5.41) is 8.51. The van der Waals surface area contributed by atoms with E-state index in [1.807, 2.05) is 30.5 Å². The molecule has 1 aromatic carbocycles. The second-order valence-electron chi connectivity index (χ2n) is 6.28. The van der Waals surface area contributed by atoms with Crippen molar-refractivity contribution in [3.05, 3.63) is 60.2 Å². The molecule has 0 spiro atoms. The smallest absolute Gasteiger partial charge is 0.231 e. The number of benzene rings is 1. The molecule has 0 fully saturated rings. The first kappa shape index (κ1) is 15.4. The van der Waals surface area contributed by atoms with E-state index in [2.05, 4.69) is 51.4 Å². The third-order valence-electron chi connectivity index (χ3n) is 3.94. The van der Waals surface area contributed by atoms with Crippen LogP contribution in [-0.2, 0) is 6.42 Å². The minimum Gasteiger partial charge on any atom is -0.368 e. The normalized spacial score (nSPS) is 11.3. The summed E-state index contributed by atoms with van der Waals surface area (Å²) in [7, 11) is 0. The molecule has 4 aromatic rings. The van der Waals surface area contributed by atoms with Crippen LogP contribution in [0.3, 0.4) is 0 Å². The van der Waals surface area contributed by atoms with Crippen molar-refractivity contribution < 1.29 is 4.52 Å². The quantitative estimate of drug-likeness (QED) is 0.576. The van der Waals surface area contributed by atoms with Crippen LogP contribution in [0.5, 0.6) is 0 Å². The van der Waals surface area contributed by atoms with E-state index in [4.69, 9.17) is 4.52 Å². The lowest BCUT2D eigenvalue weighted by atomic mass is 10.1. The molecule has 0 radical (unpaired) electrons. The van der Waals surface area contributed by atoms with Crippen molar-refractivity contribution in [1.29, 1.82) is 0 Å². The monoisotopic (exact) mass is 333 g/mol. The standard InChI is InChI=1S/C19H19N5O/c1-12(2)22-17-8-7-13(10-21-17)19-23-18(25-24-19)9-14-11-20-16-6-4-3-5-15(14)16/h3-8,10-12,20H,9H2,1-2H3,(H,21,22). The highest BCUT2D eigenvalue weighted by Gasteiger charge is 2.12. The Morgan fingerprint density at radius 2 is 2.04 bits per heavy atom. The van der Waals surface area contributed by atoms with E-state index in [-0.39, 0.29) is 0 Å². The van der Waals surface area contributed by atoms with Gasteiger partial charge in [-0.25, -0.2) is 4.98 Å². The first-order chi connectivity index (χ1) is 12.2. The number of H-pyrrole nitrogens is 1. The number of anilines is 1. The van der Waals surface area contributed by atoms with Gasteiger partial charge in [-0.2, -0.15) is 4.98 Å². The molecule has 6 heteroatoms. The predicted molar refractivity (Wildman–Crippen MR) is 97.4 cm³/mol. The van der Waals surface area contributed by atoms with Gasteiger partial charge in [0.25, 0.3) is 0 Å². The van der Waals surface area contributed by atoms with Crippen molar-refractivity contribution in [2.45, 2.75) is 26.3 Å². The number of aromatic amines is 1. The maximum atomic E-state index is 5.42. The fourth-order valence-electron chi connectivity index (χ4n) is 2.79. The highest BCUT2D eigenvalue weighted by Crippen LogP contribution is 2.22. The van der Waals surface area contributed by atoms with Crippen LogP contribution in [0.1, 0.15) is 25.3 Å². The summed E-state index contributed by atoms with van der Waals surface area (Å²) >= 11 is 0. The first-order valence-corrected chi connectivity index (χ1v) is 8.29. The number of fused-ring (bicyclic) bond motifs is 1. The van der Waals surface area contributed by atoms with Gasteiger partial charge in [-0.3, -0.25) is 0 Å².